The van der Waals surface area contributed by atoms with Gasteiger partial charge in [0.15, 0.2) is 0 Å². The van der Waals surface area contributed by atoms with Crippen LogP contribution in [0.2, 0.25) is 0 Å². The molecule has 0 aliphatic carbocycles. The van der Waals surface area contributed by atoms with Crippen molar-refractivity contribution in [3.05, 3.63) is 65.2 Å². The molecule has 6 nitrogen and oxygen atoms in total. The summed E-state index contributed by atoms with van der Waals surface area (Å²) >= 11 is 0. The fraction of sp³-hybridized carbons (Fsp3) is 0.462. The van der Waals surface area contributed by atoms with Crippen molar-refractivity contribution >= 4 is 21.8 Å². The van der Waals surface area contributed by atoms with Crippen molar-refractivity contribution in [3.63, 3.8) is 0 Å². The normalized spacial score (nSPS) is 19.1. The molecule has 33 heavy (non-hydrogen) atoms. The Morgan fingerprint density at radius 3 is 1.70 bits per heavy atom. The molecule has 2 aromatic carbocycles. The highest BCUT2D eigenvalue weighted by molar-refractivity contribution is 7.90. The van der Waals surface area contributed by atoms with E-state index in [9.17, 15) is 18.0 Å². The summed E-state index contributed by atoms with van der Waals surface area (Å²) in [6.45, 7) is 14.4. The second kappa shape index (κ2) is 8.28. The quantitative estimate of drug-likeness (QED) is 0.718. The molecule has 1 saturated heterocycles. The molecule has 2 amide bonds. The van der Waals surface area contributed by atoms with Gasteiger partial charge in [-0.05, 0) is 59.6 Å². The maximum absolute atomic E-state index is 13.1. The van der Waals surface area contributed by atoms with E-state index >= 15 is 0 Å². The molecule has 0 bridgehead atoms. The predicted octanol–water partition coefficient (Wildman–Crippen LogP) is 4.39. The summed E-state index contributed by atoms with van der Waals surface area (Å²) in [5.41, 5.74) is 1.20. The molecule has 1 N–H and O–H groups in total. The van der Waals surface area contributed by atoms with Gasteiger partial charge in [0.1, 0.15) is 5.54 Å². The van der Waals surface area contributed by atoms with Gasteiger partial charge in [0, 0.05) is 12.1 Å². The number of rotatable bonds is 4. The van der Waals surface area contributed by atoms with Crippen molar-refractivity contribution in [1.29, 1.82) is 0 Å². The van der Waals surface area contributed by atoms with E-state index in [1.807, 2.05) is 32.9 Å². The predicted molar refractivity (Wildman–Crippen MR) is 130 cm³/mol. The van der Waals surface area contributed by atoms with Crippen LogP contribution in [0.15, 0.2) is 53.4 Å². The third kappa shape index (κ3) is 4.98. The van der Waals surface area contributed by atoms with Gasteiger partial charge in [-0.3, -0.25) is 9.59 Å². The van der Waals surface area contributed by atoms with Gasteiger partial charge in [-0.2, -0.15) is 0 Å². The van der Waals surface area contributed by atoms with Crippen LogP contribution >= 0.6 is 0 Å². The summed E-state index contributed by atoms with van der Waals surface area (Å²) in [5, 5.41) is 0. The molecule has 1 atom stereocenters. The van der Waals surface area contributed by atoms with Crippen molar-refractivity contribution in [2.24, 2.45) is 0 Å². The monoisotopic (exact) mass is 470 g/mol. The van der Waals surface area contributed by atoms with E-state index < -0.39 is 21.5 Å². The number of amides is 2. The highest BCUT2D eigenvalue weighted by Crippen LogP contribution is 2.33. The molecule has 1 aliphatic heterocycles. The van der Waals surface area contributed by atoms with Crippen LogP contribution in [0.5, 0.6) is 0 Å². The number of hydrogen-bond acceptors (Lipinski definition) is 4. The smallest absolute Gasteiger partial charge is 0.264 e. The minimum atomic E-state index is -4.05. The summed E-state index contributed by atoms with van der Waals surface area (Å²) in [4.78, 5) is 27.5. The maximum atomic E-state index is 13.1. The molecule has 1 aliphatic rings. The van der Waals surface area contributed by atoms with Gasteiger partial charge in [-0.15, -0.1) is 0 Å². The number of carbonyl (C=O) groups is 2. The number of benzene rings is 2. The van der Waals surface area contributed by atoms with Gasteiger partial charge in [-0.25, -0.2) is 13.1 Å². The van der Waals surface area contributed by atoms with E-state index in [4.69, 9.17) is 0 Å². The number of nitrogens with zero attached hydrogens (tertiary/aromatic N) is 1. The van der Waals surface area contributed by atoms with E-state index in [1.54, 1.807) is 31.2 Å². The van der Waals surface area contributed by atoms with Crippen LogP contribution < -0.4 is 4.72 Å². The first-order chi connectivity index (χ1) is 15.1. The maximum Gasteiger partial charge on any atom is 0.264 e. The number of likely N-dealkylation sites (tertiary alicyclic amines) is 1. The van der Waals surface area contributed by atoms with Crippen molar-refractivity contribution in [2.45, 2.75) is 76.2 Å². The molecule has 178 valence electrons. The van der Waals surface area contributed by atoms with Gasteiger partial charge in [0.25, 0.3) is 21.8 Å². The molecule has 0 saturated carbocycles. The Kier molecular flexibility index (Phi) is 6.26. The van der Waals surface area contributed by atoms with Gasteiger partial charge < -0.3 is 4.90 Å². The van der Waals surface area contributed by atoms with Crippen LogP contribution in [0, 0.1) is 0 Å². The lowest BCUT2D eigenvalue weighted by Gasteiger charge is -2.48. The molecular formula is C26H34N2O4S. The van der Waals surface area contributed by atoms with E-state index in [2.05, 4.69) is 25.5 Å². The lowest BCUT2D eigenvalue weighted by molar-refractivity contribution is -0.135. The van der Waals surface area contributed by atoms with E-state index in [0.717, 1.165) is 11.1 Å². The summed E-state index contributed by atoms with van der Waals surface area (Å²) in [6, 6.07) is 13.8. The second-order valence-electron chi connectivity index (χ2n) is 11.0. The molecule has 1 fully saturated rings. The van der Waals surface area contributed by atoms with Crippen molar-refractivity contribution in [2.75, 3.05) is 6.54 Å². The number of nitrogens with one attached hydrogen (secondary N) is 1. The Morgan fingerprint density at radius 2 is 1.30 bits per heavy atom. The van der Waals surface area contributed by atoms with Crippen LogP contribution in [0.1, 0.15) is 76.4 Å². The Bertz CT molecular complexity index is 1150. The summed E-state index contributed by atoms with van der Waals surface area (Å²) < 4.78 is 27.8. The van der Waals surface area contributed by atoms with Crippen molar-refractivity contribution in [1.82, 2.24) is 9.62 Å². The zero-order valence-corrected chi connectivity index (χ0v) is 21.3. The third-order valence-electron chi connectivity index (χ3n) is 6.41. The Morgan fingerprint density at radius 1 is 0.848 bits per heavy atom. The van der Waals surface area contributed by atoms with Crippen LogP contribution in [0.4, 0.5) is 0 Å². The molecule has 0 radical (unpaired) electrons. The van der Waals surface area contributed by atoms with Gasteiger partial charge in [0.2, 0.25) is 0 Å². The lowest BCUT2D eigenvalue weighted by atomic mass is 9.84. The molecule has 1 heterocycles. The average molecular weight is 471 g/mol. The van der Waals surface area contributed by atoms with Gasteiger partial charge >= 0.3 is 0 Å². The van der Waals surface area contributed by atoms with Crippen molar-refractivity contribution in [3.8, 4) is 0 Å². The van der Waals surface area contributed by atoms with E-state index in [-0.39, 0.29) is 21.6 Å². The van der Waals surface area contributed by atoms with Crippen LogP contribution in [0.3, 0.4) is 0 Å². The summed E-state index contributed by atoms with van der Waals surface area (Å²) in [7, 11) is -4.05. The Hall–Kier alpha value is -2.67. The van der Waals surface area contributed by atoms with Crippen LogP contribution in [0.25, 0.3) is 0 Å². The van der Waals surface area contributed by atoms with E-state index in [0.29, 0.717) is 18.5 Å². The van der Waals surface area contributed by atoms with E-state index in [1.165, 1.54) is 17.0 Å². The molecule has 0 aromatic heterocycles. The minimum absolute atomic E-state index is 0.0161. The lowest BCUT2D eigenvalue weighted by Crippen LogP contribution is -2.67. The SMILES string of the molecule is CC(C)(C)c1ccc(C(=O)N2CCC2(C)C(=O)NS(=O)(=O)c2ccc(C(C)(C)C)cc2)cc1. The fourth-order valence-electron chi connectivity index (χ4n) is 3.81. The highest BCUT2D eigenvalue weighted by Gasteiger charge is 2.50. The largest absolute Gasteiger partial charge is 0.324 e. The highest BCUT2D eigenvalue weighted by atomic mass is 32.2. The molecule has 7 heteroatoms. The summed E-state index contributed by atoms with van der Waals surface area (Å²) in [5.74, 6) is -0.986. The zero-order valence-electron chi connectivity index (χ0n) is 20.5. The number of sulfonamides is 1. The standard InChI is InChI=1S/C26H34N2O4S/c1-24(2,3)19-10-8-18(9-11-19)22(29)28-17-16-26(28,7)23(30)27-33(31,32)21-14-12-20(13-15-21)25(4,5)6/h8-15H,16-17H2,1-7H3,(H,27,30). The number of carbonyl (C=O) groups excluding carboxylic acids is 2. The molecular weight excluding hydrogens is 436 g/mol. The topological polar surface area (TPSA) is 83.6 Å². The first-order valence-electron chi connectivity index (χ1n) is 11.2. The number of hydrogen-bond donors (Lipinski definition) is 1. The van der Waals surface area contributed by atoms with Crippen LogP contribution in [-0.2, 0) is 25.6 Å². The first-order valence-corrected chi connectivity index (χ1v) is 12.6. The fourth-order valence-corrected chi connectivity index (χ4v) is 4.89. The van der Waals surface area contributed by atoms with Gasteiger partial charge in [-0.1, -0.05) is 65.8 Å². The Labute approximate surface area is 197 Å². The molecule has 0 spiro atoms. The van der Waals surface area contributed by atoms with Gasteiger partial charge in [0.05, 0.1) is 4.90 Å². The molecule has 2 aromatic rings. The summed E-state index contributed by atoms with van der Waals surface area (Å²) in [6.07, 6.45) is 0.392. The minimum Gasteiger partial charge on any atom is -0.324 e. The Balaban J connectivity index is 1.76. The average Bonchev–Trinajstić information content (AvgIpc) is 2.71. The van der Waals surface area contributed by atoms with Crippen LogP contribution in [-0.4, -0.2) is 37.2 Å². The molecule has 3 rings (SSSR count). The first kappa shape index (κ1) is 25.0. The zero-order chi connectivity index (χ0) is 24.8. The molecule has 1 unspecified atom stereocenters. The second-order valence-corrected chi connectivity index (χ2v) is 12.7. The third-order valence-corrected chi connectivity index (χ3v) is 7.75. The van der Waals surface area contributed by atoms with Crippen molar-refractivity contribution < 1.29 is 18.0 Å².